The van der Waals surface area contributed by atoms with E-state index >= 15 is 0 Å². The van der Waals surface area contributed by atoms with Gasteiger partial charge in [-0.25, -0.2) is 4.39 Å². The quantitative estimate of drug-likeness (QED) is 0.518. The van der Waals surface area contributed by atoms with Gasteiger partial charge < -0.3 is 15.0 Å². The van der Waals surface area contributed by atoms with E-state index in [-0.39, 0.29) is 17.6 Å². The molecule has 2 aromatic carbocycles. The van der Waals surface area contributed by atoms with E-state index in [4.69, 9.17) is 4.74 Å². The molecule has 0 saturated carbocycles. The van der Waals surface area contributed by atoms with Crippen LogP contribution in [0.2, 0.25) is 0 Å². The topological polar surface area (TPSA) is 71.5 Å². The van der Waals surface area contributed by atoms with Gasteiger partial charge in [0.25, 0.3) is 5.91 Å². The van der Waals surface area contributed by atoms with Gasteiger partial charge in [-0.2, -0.15) is 0 Å². The van der Waals surface area contributed by atoms with E-state index in [1.807, 2.05) is 56.3 Å². The SMILES string of the molecule is CCC(=O)N1CCc2ccc(O[C@@H](CC)C(=O)NCc3ccccn3)cc2[C@@H]1c1cccc(F)c1. The number of benzene rings is 2. The van der Waals surface area contributed by atoms with Crippen LogP contribution in [0.25, 0.3) is 0 Å². The van der Waals surface area contributed by atoms with E-state index in [0.29, 0.717) is 43.7 Å². The molecule has 7 heteroatoms. The zero-order chi connectivity index (χ0) is 24.8. The Balaban J connectivity index is 1.58. The van der Waals surface area contributed by atoms with Crippen molar-refractivity contribution in [3.8, 4) is 5.75 Å². The highest BCUT2D eigenvalue weighted by Gasteiger charge is 2.32. The van der Waals surface area contributed by atoms with Gasteiger partial charge in [-0.15, -0.1) is 0 Å². The lowest BCUT2D eigenvalue weighted by atomic mass is 9.87. The number of fused-ring (bicyclic) bond motifs is 1. The molecule has 0 fully saturated rings. The molecule has 35 heavy (non-hydrogen) atoms. The number of pyridine rings is 1. The molecule has 0 aliphatic carbocycles. The van der Waals surface area contributed by atoms with E-state index < -0.39 is 12.1 Å². The summed E-state index contributed by atoms with van der Waals surface area (Å²) in [6, 6.07) is 17.2. The fourth-order valence-electron chi connectivity index (χ4n) is 4.46. The van der Waals surface area contributed by atoms with Crippen LogP contribution in [0, 0.1) is 5.82 Å². The number of halogens is 1. The summed E-state index contributed by atoms with van der Waals surface area (Å²) in [7, 11) is 0. The fourth-order valence-corrected chi connectivity index (χ4v) is 4.46. The molecular weight excluding hydrogens is 445 g/mol. The number of nitrogens with zero attached hydrogens (tertiary/aromatic N) is 2. The minimum absolute atomic E-state index is 0.0107. The van der Waals surface area contributed by atoms with Crippen LogP contribution in [0.5, 0.6) is 5.75 Å². The molecule has 2 amide bonds. The monoisotopic (exact) mass is 475 g/mol. The fraction of sp³-hybridized carbons (Fsp3) is 0.321. The van der Waals surface area contributed by atoms with Gasteiger partial charge >= 0.3 is 0 Å². The van der Waals surface area contributed by atoms with Gasteiger partial charge in [0.1, 0.15) is 11.6 Å². The molecule has 1 aromatic heterocycles. The first-order valence-corrected chi connectivity index (χ1v) is 12.0. The Morgan fingerprint density at radius 3 is 2.71 bits per heavy atom. The third kappa shape index (κ3) is 5.67. The number of rotatable bonds is 8. The molecular formula is C28H30FN3O3. The number of carbonyl (C=O) groups excluding carboxylic acids is 2. The number of aromatic nitrogens is 1. The summed E-state index contributed by atoms with van der Waals surface area (Å²) in [5, 5.41) is 2.88. The van der Waals surface area contributed by atoms with Gasteiger partial charge in [-0.05, 0) is 65.9 Å². The zero-order valence-corrected chi connectivity index (χ0v) is 20.0. The molecule has 0 saturated heterocycles. The van der Waals surface area contributed by atoms with Crippen molar-refractivity contribution in [1.82, 2.24) is 15.2 Å². The molecule has 2 atom stereocenters. The molecule has 0 radical (unpaired) electrons. The molecule has 2 heterocycles. The van der Waals surface area contributed by atoms with Crippen molar-refractivity contribution in [3.63, 3.8) is 0 Å². The Bertz CT molecular complexity index is 1190. The maximum absolute atomic E-state index is 14.1. The van der Waals surface area contributed by atoms with Crippen LogP contribution in [0.1, 0.15) is 55.1 Å². The highest BCUT2D eigenvalue weighted by molar-refractivity contribution is 5.81. The summed E-state index contributed by atoms with van der Waals surface area (Å²) in [6.07, 6.45) is 2.56. The number of carbonyl (C=O) groups is 2. The Labute approximate surface area is 205 Å². The van der Waals surface area contributed by atoms with Crippen LogP contribution in [0.3, 0.4) is 0 Å². The highest BCUT2D eigenvalue weighted by Crippen LogP contribution is 2.38. The first kappa shape index (κ1) is 24.4. The molecule has 3 aromatic rings. The van der Waals surface area contributed by atoms with Crippen molar-refractivity contribution in [2.45, 2.75) is 51.8 Å². The van der Waals surface area contributed by atoms with E-state index in [9.17, 15) is 14.0 Å². The van der Waals surface area contributed by atoms with Crippen molar-refractivity contribution in [2.24, 2.45) is 0 Å². The Morgan fingerprint density at radius 1 is 1.14 bits per heavy atom. The van der Waals surface area contributed by atoms with Crippen molar-refractivity contribution in [2.75, 3.05) is 6.54 Å². The van der Waals surface area contributed by atoms with Gasteiger partial charge in [-0.3, -0.25) is 14.6 Å². The van der Waals surface area contributed by atoms with Gasteiger partial charge in [0, 0.05) is 19.2 Å². The Hall–Kier alpha value is -3.74. The maximum Gasteiger partial charge on any atom is 0.261 e. The van der Waals surface area contributed by atoms with Crippen LogP contribution < -0.4 is 10.1 Å². The van der Waals surface area contributed by atoms with Crippen LogP contribution in [-0.2, 0) is 22.6 Å². The van der Waals surface area contributed by atoms with Crippen LogP contribution in [-0.4, -0.2) is 34.3 Å². The second-order valence-electron chi connectivity index (χ2n) is 8.56. The summed E-state index contributed by atoms with van der Waals surface area (Å²) in [6.45, 7) is 4.60. The predicted molar refractivity (Wildman–Crippen MR) is 131 cm³/mol. The second kappa shape index (κ2) is 11.1. The molecule has 6 nitrogen and oxygen atoms in total. The van der Waals surface area contributed by atoms with E-state index in [2.05, 4.69) is 10.3 Å². The third-order valence-electron chi connectivity index (χ3n) is 6.24. The maximum atomic E-state index is 14.1. The molecule has 0 unspecified atom stereocenters. The summed E-state index contributed by atoms with van der Waals surface area (Å²) >= 11 is 0. The minimum Gasteiger partial charge on any atom is -0.481 e. The third-order valence-corrected chi connectivity index (χ3v) is 6.24. The summed E-state index contributed by atoms with van der Waals surface area (Å²) in [4.78, 5) is 31.6. The van der Waals surface area contributed by atoms with E-state index in [0.717, 1.165) is 16.8 Å². The number of nitrogens with one attached hydrogen (secondary N) is 1. The van der Waals surface area contributed by atoms with Gasteiger partial charge in [-0.1, -0.05) is 38.1 Å². The van der Waals surface area contributed by atoms with Gasteiger partial charge in [0.2, 0.25) is 5.91 Å². The average Bonchev–Trinajstić information content (AvgIpc) is 2.89. The summed E-state index contributed by atoms with van der Waals surface area (Å²) in [5.41, 5.74) is 3.46. The molecule has 182 valence electrons. The van der Waals surface area contributed by atoms with Gasteiger partial charge in [0.15, 0.2) is 6.10 Å². The van der Waals surface area contributed by atoms with Crippen molar-refractivity contribution < 1.29 is 18.7 Å². The first-order chi connectivity index (χ1) is 17.0. The molecule has 0 bridgehead atoms. The van der Waals surface area contributed by atoms with Crippen molar-refractivity contribution in [1.29, 1.82) is 0 Å². The standard InChI is InChI=1S/C28H30FN3O3/c1-3-25(28(34)31-18-22-10-5-6-14-30-22)35-23-12-11-19-13-15-32(26(33)4-2)27(24(19)17-23)20-8-7-9-21(29)16-20/h5-12,14,16-17,25,27H,3-4,13,15,18H2,1-2H3,(H,31,34)/t25-,27-/m0/s1. The molecule has 1 N–H and O–H groups in total. The lowest BCUT2D eigenvalue weighted by Gasteiger charge is -2.38. The number of hydrogen-bond donors (Lipinski definition) is 1. The lowest BCUT2D eigenvalue weighted by Crippen LogP contribution is -2.40. The smallest absolute Gasteiger partial charge is 0.261 e. The summed E-state index contributed by atoms with van der Waals surface area (Å²) < 4.78 is 20.2. The molecule has 4 rings (SSSR count). The van der Waals surface area contributed by atoms with E-state index in [1.165, 1.54) is 12.1 Å². The van der Waals surface area contributed by atoms with Crippen molar-refractivity contribution >= 4 is 11.8 Å². The Kier molecular flexibility index (Phi) is 7.75. The second-order valence-corrected chi connectivity index (χ2v) is 8.56. The molecule has 1 aliphatic rings. The molecule has 0 spiro atoms. The number of hydrogen-bond acceptors (Lipinski definition) is 4. The van der Waals surface area contributed by atoms with Crippen LogP contribution in [0.15, 0.2) is 66.9 Å². The first-order valence-electron chi connectivity index (χ1n) is 12.0. The largest absolute Gasteiger partial charge is 0.481 e. The Morgan fingerprint density at radius 2 is 2.00 bits per heavy atom. The van der Waals surface area contributed by atoms with Gasteiger partial charge in [0.05, 0.1) is 18.3 Å². The van der Waals surface area contributed by atoms with Crippen molar-refractivity contribution in [3.05, 3.63) is 95.1 Å². The molecule has 1 aliphatic heterocycles. The average molecular weight is 476 g/mol. The summed E-state index contributed by atoms with van der Waals surface area (Å²) in [5.74, 6) is -0.0192. The lowest BCUT2D eigenvalue weighted by molar-refractivity contribution is -0.133. The highest BCUT2D eigenvalue weighted by atomic mass is 19.1. The number of amides is 2. The minimum atomic E-state index is -0.679. The van der Waals surface area contributed by atoms with E-state index in [1.54, 1.807) is 17.2 Å². The zero-order valence-electron chi connectivity index (χ0n) is 20.0. The number of ether oxygens (including phenoxy) is 1. The van der Waals surface area contributed by atoms with Crippen LogP contribution >= 0.6 is 0 Å². The predicted octanol–water partition coefficient (Wildman–Crippen LogP) is 4.58. The van der Waals surface area contributed by atoms with Crippen LogP contribution in [0.4, 0.5) is 4.39 Å². The normalized spacial score (nSPS) is 15.7.